The van der Waals surface area contributed by atoms with Crippen LogP contribution in [0.15, 0.2) is 0 Å². The number of thioether (sulfide) groups is 1. The third-order valence-electron chi connectivity index (χ3n) is 5.19. The maximum absolute atomic E-state index is 3.68. The predicted octanol–water partition coefficient (Wildman–Crippen LogP) is 2.88. The summed E-state index contributed by atoms with van der Waals surface area (Å²) in [6, 6.07) is 2.56. The zero-order valence-electron chi connectivity index (χ0n) is 12.0. The Bertz CT molecular complexity index is 274. The topological polar surface area (TPSA) is 15.3 Å². The van der Waals surface area contributed by atoms with Crippen molar-refractivity contribution >= 4 is 11.8 Å². The van der Waals surface area contributed by atoms with E-state index in [9.17, 15) is 0 Å². The van der Waals surface area contributed by atoms with Gasteiger partial charge in [0, 0.05) is 29.4 Å². The van der Waals surface area contributed by atoms with Crippen molar-refractivity contribution < 1.29 is 0 Å². The molecule has 3 heterocycles. The van der Waals surface area contributed by atoms with E-state index in [0.717, 1.165) is 24.7 Å². The number of nitrogens with zero attached hydrogens (tertiary/aromatic N) is 1. The summed E-state index contributed by atoms with van der Waals surface area (Å²) in [6.45, 7) is 7.23. The maximum Gasteiger partial charge on any atom is 0.0259 e. The van der Waals surface area contributed by atoms with E-state index in [1.54, 1.807) is 0 Å². The lowest BCUT2D eigenvalue weighted by atomic mass is 9.95. The molecule has 3 fully saturated rings. The third-order valence-corrected chi connectivity index (χ3v) is 6.72. The van der Waals surface area contributed by atoms with Crippen LogP contribution < -0.4 is 5.32 Å². The summed E-state index contributed by atoms with van der Waals surface area (Å²) >= 11 is 2.22. The zero-order valence-corrected chi connectivity index (χ0v) is 12.8. The van der Waals surface area contributed by atoms with Gasteiger partial charge in [0.15, 0.2) is 0 Å². The van der Waals surface area contributed by atoms with E-state index in [0.29, 0.717) is 4.75 Å². The Morgan fingerprint density at radius 2 is 2.00 bits per heavy atom. The van der Waals surface area contributed by atoms with E-state index in [1.807, 2.05) is 0 Å². The Morgan fingerprint density at radius 1 is 1.28 bits per heavy atom. The molecule has 3 rings (SSSR count). The highest BCUT2D eigenvalue weighted by Gasteiger charge is 2.43. The summed E-state index contributed by atoms with van der Waals surface area (Å²) in [5, 5.41) is 3.68. The lowest BCUT2D eigenvalue weighted by Gasteiger charge is -2.42. The Kier molecular flexibility index (Phi) is 3.93. The molecule has 0 amide bonds. The van der Waals surface area contributed by atoms with Crippen LogP contribution in [-0.4, -0.2) is 46.6 Å². The first-order chi connectivity index (χ1) is 8.70. The molecule has 2 bridgehead atoms. The van der Waals surface area contributed by atoms with Crippen molar-refractivity contribution in [1.29, 1.82) is 0 Å². The first-order valence-electron chi connectivity index (χ1n) is 7.83. The molecule has 2 nitrogen and oxygen atoms in total. The van der Waals surface area contributed by atoms with Gasteiger partial charge in [0.2, 0.25) is 0 Å². The molecule has 0 spiro atoms. The monoisotopic (exact) mass is 268 g/mol. The van der Waals surface area contributed by atoms with Crippen molar-refractivity contribution in [3.05, 3.63) is 0 Å². The van der Waals surface area contributed by atoms with Crippen molar-refractivity contribution in [2.75, 3.05) is 18.8 Å². The number of rotatable bonds is 4. The Balaban J connectivity index is 1.61. The lowest BCUT2D eigenvalue weighted by Crippen LogP contribution is -2.52. The molecule has 3 unspecified atom stereocenters. The standard InChI is InChI=1S/C15H28N2S/c1-3-16-12-9-13-5-6-14(10-12)17(13)11-15(2)7-4-8-18-15/h12-14,16H,3-11H2,1-2H3. The highest BCUT2D eigenvalue weighted by Crippen LogP contribution is 2.43. The van der Waals surface area contributed by atoms with Crippen molar-refractivity contribution in [3.63, 3.8) is 0 Å². The van der Waals surface area contributed by atoms with Crippen molar-refractivity contribution in [2.24, 2.45) is 0 Å². The van der Waals surface area contributed by atoms with Crippen LogP contribution in [0.4, 0.5) is 0 Å². The van der Waals surface area contributed by atoms with Crippen LogP contribution in [0.2, 0.25) is 0 Å². The van der Waals surface area contributed by atoms with Crippen molar-refractivity contribution in [3.8, 4) is 0 Å². The zero-order chi connectivity index (χ0) is 12.6. The second kappa shape index (κ2) is 5.34. The van der Waals surface area contributed by atoms with E-state index >= 15 is 0 Å². The lowest BCUT2D eigenvalue weighted by molar-refractivity contribution is 0.107. The van der Waals surface area contributed by atoms with Gasteiger partial charge in [-0.05, 0) is 57.7 Å². The Labute approximate surface area is 116 Å². The summed E-state index contributed by atoms with van der Waals surface area (Å²) in [5.41, 5.74) is 0. The number of hydrogen-bond acceptors (Lipinski definition) is 3. The Hall–Kier alpha value is 0.270. The van der Waals surface area contributed by atoms with Gasteiger partial charge in [-0.1, -0.05) is 6.92 Å². The minimum absolute atomic E-state index is 0.561. The van der Waals surface area contributed by atoms with Gasteiger partial charge in [0.1, 0.15) is 0 Å². The first kappa shape index (κ1) is 13.3. The molecule has 0 saturated carbocycles. The summed E-state index contributed by atoms with van der Waals surface area (Å²) in [4.78, 5) is 2.88. The van der Waals surface area contributed by atoms with Crippen LogP contribution in [0, 0.1) is 0 Å². The largest absolute Gasteiger partial charge is 0.314 e. The molecule has 3 heteroatoms. The molecule has 0 aromatic heterocycles. The molecule has 0 radical (unpaired) electrons. The SMILES string of the molecule is CCNC1CC2CCC(C1)N2CC1(C)CCCS1. The smallest absolute Gasteiger partial charge is 0.0259 e. The van der Waals surface area contributed by atoms with Gasteiger partial charge in [0.25, 0.3) is 0 Å². The van der Waals surface area contributed by atoms with Crippen LogP contribution in [0.1, 0.15) is 52.4 Å². The van der Waals surface area contributed by atoms with Crippen LogP contribution in [0.3, 0.4) is 0 Å². The van der Waals surface area contributed by atoms with Crippen LogP contribution in [0.25, 0.3) is 0 Å². The van der Waals surface area contributed by atoms with Gasteiger partial charge in [-0.3, -0.25) is 4.90 Å². The molecular weight excluding hydrogens is 240 g/mol. The quantitative estimate of drug-likeness (QED) is 0.844. The van der Waals surface area contributed by atoms with E-state index in [1.165, 1.54) is 50.8 Å². The van der Waals surface area contributed by atoms with Crippen molar-refractivity contribution in [1.82, 2.24) is 10.2 Å². The summed E-state index contributed by atoms with van der Waals surface area (Å²) in [7, 11) is 0. The second-order valence-electron chi connectivity index (χ2n) is 6.69. The number of hydrogen-bond donors (Lipinski definition) is 1. The minimum Gasteiger partial charge on any atom is -0.314 e. The number of piperidine rings is 1. The molecule has 3 saturated heterocycles. The van der Waals surface area contributed by atoms with Gasteiger partial charge >= 0.3 is 0 Å². The molecule has 3 atom stereocenters. The summed E-state index contributed by atoms with van der Waals surface area (Å²) < 4.78 is 0.561. The molecule has 0 aromatic carbocycles. The molecule has 104 valence electrons. The van der Waals surface area contributed by atoms with E-state index in [2.05, 4.69) is 35.8 Å². The van der Waals surface area contributed by atoms with Gasteiger partial charge < -0.3 is 5.32 Å². The molecular formula is C15H28N2S. The highest BCUT2D eigenvalue weighted by atomic mass is 32.2. The van der Waals surface area contributed by atoms with E-state index in [4.69, 9.17) is 0 Å². The van der Waals surface area contributed by atoms with Gasteiger partial charge in [0.05, 0.1) is 0 Å². The molecule has 1 N–H and O–H groups in total. The molecule has 18 heavy (non-hydrogen) atoms. The number of nitrogens with one attached hydrogen (secondary N) is 1. The maximum atomic E-state index is 3.68. The Morgan fingerprint density at radius 3 is 2.56 bits per heavy atom. The molecule has 0 aromatic rings. The van der Waals surface area contributed by atoms with Gasteiger partial charge in [-0.25, -0.2) is 0 Å². The summed E-state index contributed by atoms with van der Waals surface area (Å²) in [5.74, 6) is 1.39. The molecule has 0 aliphatic carbocycles. The fourth-order valence-corrected chi connectivity index (χ4v) is 5.65. The predicted molar refractivity (Wildman–Crippen MR) is 80.3 cm³/mol. The highest BCUT2D eigenvalue weighted by molar-refractivity contribution is 8.00. The first-order valence-corrected chi connectivity index (χ1v) is 8.82. The van der Waals surface area contributed by atoms with Crippen LogP contribution >= 0.6 is 11.8 Å². The van der Waals surface area contributed by atoms with Crippen LogP contribution in [0.5, 0.6) is 0 Å². The normalized spacial score (nSPS) is 44.7. The van der Waals surface area contributed by atoms with E-state index < -0.39 is 0 Å². The van der Waals surface area contributed by atoms with E-state index in [-0.39, 0.29) is 0 Å². The van der Waals surface area contributed by atoms with Crippen LogP contribution in [-0.2, 0) is 0 Å². The summed E-state index contributed by atoms with van der Waals surface area (Å²) in [6.07, 6.45) is 8.56. The fourth-order valence-electron chi connectivity index (χ4n) is 4.34. The number of fused-ring (bicyclic) bond motifs is 2. The van der Waals surface area contributed by atoms with Gasteiger partial charge in [-0.2, -0.15) is 11.8 Å². The molecule has 3 aliphatic rings. The second-order valence-corrected chi connectivity index (χ2v) is 8.37. The van der Waals surface area contributed by atoms with Crippen molar-refractivity contribution in [2.45, 2.75) is 75.2 Å². The average molecular weight is 268 g/mol. The minimum atomic E-state index is 0.561. The fraction of sp³-hybridized carbons (Fsp3) is 1.00. The third kappa shape index (κ3) is 2.59. The molecule has 3 aliphatic heterocycles. The average Bonchev–Trinajstić information content (AvgIpc) is 2.84. The van der Waals surface area contributed by atoms with Gasteiger partial charge in [-0.15, -0.1) is 0 Å².